The van der Waals surface area contributed by atoms with Gasteiger partial charge < -0.3 is 4.74 Å². The first kappa shape index (κ1) is 11.4. The highest BCUT2D eigenvalue weighted by Gasteiger charge is 2.08. The second kappa shape index (κ2) is 4.71. The van der Waals surface area contributed by atoms with E-state index in [9.17, 15) is 4.79 Å². The highest BCUT2D eigenvalue weighted by atomic mass is 79.9. The molecule has 1 rings (SSSR count). The molecule has 14 heavy (non-hydrogen) atoms. The molecule has 2 nitrogen and oxygen atoms in total. The van der Waals surface area contributed by atoms with Crippen molar-refractivity contribution in [2.45, 2.75) is 13.8 Å². The van der Waals surface area contributed by atoms with Crippen LogP contribution in [0, 0.1) is 13.8 Å². The maximum Gasteiger partial charge on any atom is 0.188 e. The number of aryl methyl sites for hydroxylation is 2. The van der Waals surface area contributed by atoms with Gasteiger partial charge >= 0.3 is 0 Å². The van der Waals surface area contributed by atoms with Crippen molar-refractivity contribution in [3.63, 3.8) is 0 Å². The third-order valence-electron chi connectivity index (χ3n) is 2.03. The predicted octanol–water partition coefficient (Wildman–Crippen LogP) is 2.90. The van der Waals surface area contributed by atoms with Crippen LogP contribution in [-0.2, 0) is 4.74 Å². The molecule has 0 spiro atoms. The first-order valence-electron chi connectivity index (χ1n) is 4.35. The lowest BCUT2D eigenvalue weighted by atomic mass is 10.0. The molecule has 0 N–H and O–H groups in total. The number of ketones is 1. The Labute approximate surface area is 92.4 Å². The van der Waals surface area contributed by atoms with Crippen molar-refractivity contribution in [1.82, 2.24) is 0 Å². The lowest BCUT2D eigenvalue weighted by molar-refractivity contribution is 0.0848. The Balaban J connectivity index is 3.06. The highest BCUT2D eigenvalue weighted by molar-refractivity contribution is 9.10. The predicted molar refractivity (Wildman–Crippen MR) is 59.8 cm³/mol. The molecule has 0 heterocycles. The van der Waals surface area contributed by atoms with E-state index in [1.165, 1.54) is 7.11 Å². The van der Waals surface area contributed by atoms with Crippen LogP contribution in [0.2, 0.25) is 0 Å². The van der Waals surface area contributed by atoms with E-state index in [0.717, 1.165) is 15.6 Å². The van der Waals surface area contributed by atoms with Crippen LogP contribution < -0.4 is 0 Å². The maximum absolute atomic E-state index is 11.5. The van der Waals surface area contributed by atoms with Gasteiger partial charge in [0.1, 0.15) is 6.61 Å². The minimum Gasteiger partial charge on any atom is -0.377 e. The number of carbonyl (C=O) groups is 1. The van der Waals surface area contributed by atoms with Crippen LogP contribution in [0.3, 0.4) is 0 Å². The molecule has 0 saturated heterocycles. The number of carbonyl (C=O) groups excluding carboxylic acids is 1. The van der Waals surface area contributed by atoms with Crippen LogP contribution in [0.15, 0.2) is 16.6 Å². The summed E-state index contributed by atoms with van der Waals surface area (Å²) in [6.45, 7) is 4.09. The van der Waals surface area contributed by atoms with Crippen LogP contribution in [0.4, 0.5) is 0 Å². The van der Waals surface area contributed by atoms with Crippen molar-refractivity contribution in [1.29, 1.82) is 0 Å². The summed E-state index contributed by atoms with van der Waals surface area (Å²) in [6, 6.07) is 3.75. The van der Waals surface area contributed by atoms with Crippen LogP contribution in [-0.4, -0.2) is 19.5 Å². The number of benzene rings is 1. The minimum absolute atomic E-state index is 0.0196. The molecule has 0 radical (unpaired) electrons. The molecule has 0 aromatic heterocycles. The van der Waals surface area contributed by atoms with E-state index < -0.39 is 0 Å². The number of ether oxygens (including phenoxy) is 1. The summed E-state index contributed by atoms with van der Waals surface area (Å²) in [5.74, 6) is 0.0196. The van der Waals surface area contributed by atoms with Crippen molar-refractivity contribution in [3.8, 4) is 0 Å². The summed E-state index contributed by atoms with van der Waals surface area (Å²) >= 11 is 3.46. The zero-order valence-corrected chi connectivity index (χ0v) is 10.1. The molecule has 0 aliphatic rings. The minimum atomic E-state index is 0.0196. The first-order valence-corrected chi connectivity index (χ1v) is 5.14. The summed E-state index contributed by atoms with van der Waals surface area (Å²) in [6.07, 6.45) is 0. The Morgan fingerprint density at radius 3 is 2.29 bits per heavy atom. The van der Waals surface area contributed by atoms with Crippen molar-refractivity contribution < 1.29 is 9.53 Å². The normalized spacial score (nSPS) is 10.3. The van der Waals surface area contributed by atoms with Gasteiger partial charge in [0.2, 0.25) is 0 Å². The molecule has 0 aliphatic heterocycles. The Morgan fingerprint density at radius 2 is 1.86 bits per heavy atom. The summed E-state index contributed by atoms with van der Waals surface area (Å²) in [5, 5.41) is 0. The summed E-state index contributed by atoms with van der Waals surface area (Å²) in [5.41, 5.74) is 2.86. The molecule has 1 aromatic carbocycles. The van der Waals surface area contributed by atoms with Crippen molar-refractivity contribution in [2.75, 3.05) is 13.7 Å². The van der Waals surface area contributed by atoms with Gasteiger partial charge in [-0.1, -0.05) is 15.9 Å². The van der Waals surface area contributed by atoms with Gasteiger partial charge in [-0.3, -0.25) is 4.79 Å². The average molecular weight is 257 g/mol. The van der Waals surface area contributed by atoms with Gasteiger partial charge in [0, 0.05) is 17.1 Å². The fraction of sp³-hybridized carbons (Fsp3) is 0.364. The quantitative estimate of drug-likeness (QED) is 0.778. The number of hydrogen-bond donors (Lipinski definition) is 0. The van der Waals surface area contributed by atoms with Gasteiger partial charge in [0.05, 0.1) is 0 Å². The fourth-order valence-corrected chi connectivity index (χ4v) is 1.55. The molecule has 1 aromatic rings. The lowest BCUT2D eigenvalue weighted by Crippen LogP contribution is -2.07. The average Bonchev–Trinajstić information content (AvgIpc) is 2.13. The Bertz CT molecular complexity index is 335. The van der Waals surface area contributed by atoms with Gasteiger partial charge in [0.25, 0.3) is 0 Å². The zero-order chi connectivity index (χ0) is 10.7. The number of halogens is 1. The van der Waals surface area contributed by atoms with Crippen LogP contribution in [0.1, 0.15) is 21.5 Å². The second-order valence-electron chi connectivity index (χ2n) is 3.28. The Kier molecular flexibility index (Phi) is 3.84. The van der Waals surface area contributed by atoms with Gasteiger partial charge in [-0.15, -0.1) is 0 Å². The fourth-order valence-electron chi connectivity index (χ4n) is 1.32. The van der Waals surface area contributed by atoms with Gasteiger partial charge in [-0.2, -0.15) is 0 Å². The van der Waals surface area contributed by atoms with E-state index in [2.05, 4.69) is 15.9 Å². The number of rotatable bonds is 3. The molecular formula is C11H13BrO2. The van der Waals surface area contributed by atoms with Gasteiger partial charge in [0.15, 0.2) is 5.78 Å². The molecule has 0 aliphatic carbocycles. The standard InChI is InChI=1S/C11H13BrO2/c1-7-4-9(10(13)6-14-3)5-8(2)11(7)12/h4-5H,6H2,1-3H3. The number of methoxy groups -OCH3 is 1. The molecule has 0 saturated carbocycles. The van der Waals surface area contributed by atoms with Crippen LogP contribution in [0.5, 0.6) is 0 Å². The summed E-state index contributed by atoms with van der Waals surface area (Å²) < 4.78 is 5.87. The van der Waals surface area contributed by atoms with E-state index in [4.69, 9.17) is 4.74 Å². The highest BCUT2D eigenvalue weighted by Crippen LogP contribution is 2.22. The Morgan fingerprint density at radius 1 is 1.36 bits per heavy atom. The van der Waals surface area contributed by atoms with Crippen molar-refractivity contribution >= 4 is 21.7 Å². The second-order valence-corrected chi connectivity index (χ2v) is 4.07. The third-order valence-corrected chi connectivity index (χ3v) is 3.28. The van der Waals surface area contributed by atoms with E-state index in [1.807, 2.05) is 26.0 Å². The molecule has 0 atom stereocenters. The largest absolute Gasteiger partial charge is 0.377 e. The van der Waals surface area contributed by atoms with Crippen LogP contribution >= 0.6 is 15.9 Å². The van der Waals surface area contributed by atoms with E-state index in [1.54, 1.807) is 0 Å². The summed E-state index contributed by atoms with van der Waals surface area (Å²) in [4.78, 5) is 11.5. The third kappa shape index (κ3) is 2.42. The first-order chi connectivity index (χ1) is 6.56. The topological polar surface area (TPSA) is 26.3 Å². The van der Waals surface area contributed by atoms with Crippen molar-refractivity contribution in [2.24, 2.45) is 0 Å². The van der Waals surface area contributed by atoms with Gasteiger partial charge in [-0.05, 0) is 37.1 Å². The van der Waals surface area contributed by atoms with E-state index >= 15 is 0 Å². The van der Waals surface area contributed by atoms with Gasteiger partial charge in [-0.25, -0.2) is 0 Å². The molecule has 0 fully saturated rings. The van der Waals surface area contributed by atoms with E-state index in [-0.39, 0.29) is 12.4 Å². The summed E-state index contributed by atoms with van der Waals surface area (Å²) in [7, 11) is 1.52. The smallest absolute Gasteiger partial charge is 0.188 e. The molecular weight excluding hydrogens is 244 g/mol. The molecule has 0 amide bonds. The molecule has 0 bridgehead atoms. The maximum atomic E-state index is 11.5. The number of hydrogen-bond acceptors (Lipinski definition) is 2. The zero-order valence-electron chi connectivity index (χ0n) is 8.56. The SMILES string of the molecule is COCC(=O)c1cc(C)c(Br)c(C)c1. The van der Waals surface area contributed by atoms with Crippen molar-refractivity contribution in [3.05, 3.63) is 33.3 Å². The monoisotopic (exact) mass is 256 g/mol. The lowest BCUT2D eigenvalue weighted by Gasteiger charge is -2.06. The molecule has 76 valence electrons. The molecule has 3 heteroatoms. The number of Topliss-reactive ketones (excluding diaryl/α,β-unsaturated/α-hetero) is 1. The van der Waals surface area contributed by atoms with E-state index in [0.29, 0.717) is 5.56 Å². The molecule has 0 unspecified atom stereocenters. The van der Waals surface area contributed by atoms with Crippen LogP contribution in [0.25, 0.3) is 0 Å². The Hall–Kier alpha value is -0.670.